The Balaban J connectivity index is 2.25. The number of aliphatic carboxylic acids is 1. The summed E-state index contributed by atoms with van der Waals surface area (Å²) in [5.74, 6) is -0.926. The van der Waals surface area contributed by atoms with E-state index in [4.69, 9.17) is 9.84 Å². The number of hydrogen-bond donors (Lipinski definition) is 1. The Kier molecular flexibility index (Phi) is 3.44. The van der Waals surface area contributed by atoms with Crippen molar-refractivity contribution in [2.45, 2.75) is 19.6 Å². The second-order valence-electron chi connectivity index (χ2n) is 3.81. The van der Waals surface area contributed by atoms with Gasteiger partial charge in [-0.05, 0) is 24.4 Å². The number of carbonyl (C=O) groups is 1. The Labute approximate surface area is 99.4 Å². The van der Waals surface area contributed by atoms with Crippen LogP contribution in [0.4, 0.5) is 0 Å². The van der Waals surface area contributed by atoms with Gasteiger partial charge in [0.15, 0.2) is 6.10 Å². The van der Waals surface area contributed by atoms with Gasteiger partial charge in [0.1, 0.15) is 0 Å². The quantitative estimate of drug-likeness (QED) is 0.860. The molecule has 1 N–H and O–H groups in total. The monoisotopic (exact) mass is 233 g/mol. The van der Waals surface area contributed by atoms with Gasteiger partial charge in [0.05, 0.1) is 6.54 Å². The van der Waals surface area contributed by atoms with E-state index in [2.05, 4.69) is 0 Å². The number of fused-ring (bicyclic) bond motifs is 1. The zero-order valence-corrected chi connectivity index (χ0v) is 9.67. The van der Waals surface area contributed by atoms with E-state index >= 15 is 0 Å². The summed E-state index contributed by atoms with van der Waals surface area (Å²) in [6.07, 6.45) is 1.09. The predicted molar refractivity (Wildman–Crippen MR) is 65.0 cm³/mol. The lowest BCUT2D eigenvalue weighted by Crippen LogP contribution is -2.28. The second-order valence-corrected chi connectivity index (χ2v) is 3.81. The number of hydrogen-bond acceptors (Lipinski definition) is 2. The third-order valence-corrected chi connectivity index (χ3v) is 2.69. The Morgan fingerprint density at radius 1 is 1.41 bits per heavy atom. The molecule has 0 saturated heterocycles. The maximum absolute atomic E-state index is 11.0. The molecule has 90 valence electrons. The maximum atomic E-state index is 11.0. The summed E-state index contributed by atoms with van der Waals surface area (Å²) in [5, 5.41) is 10.1. The molecule has 4 nitrogen and oxygen atoms in total. The number of benzene rings is 1. The third kappa shape index (κ3) is 2.47. The molecular formula is C13H15NO3. The van der Waals surface area contributed by atoms with Crippen LogP contribution in [-0.2, 0) is 16.1 Å². The van der Waals surface area contributed by atoms with Gasteiger partial charge >= 0.3 is 5.97 Å². The van der Waals surface area contributed by atoms with Gasteiger partial charge < -0.3 is 14.4 Å². The van der Waals surface area contributed by atoms with Gasteiger partial charge in [-0.1, -0.05) is 18.2 Å². The molecular weight excluding hydrogens is 218 g/mol. The maximum Gasteiger partial charge on any atom is 0.334 e. The summed E-state index contributed by atoms with van der Waals surface area (Å²) >= 11 is 0. The molecule has 2 aromatic rings. The second kappa shape index (κ2) is 5.01. The van der Waals surface area contributed by atoms with E-state index in [1.54, 1.807) is 6.92 Å². The van der Waals surface area contributed by atoms with Crippen LogP contribution in [0.25, 0.3) is 10.9 Å². The highest BCUT2D eigenvalue weighted by Gasteiger charge is 2.18. The van der Waals surface area contributed by atoms with E-state index in [9.17, 15) is 4.79 Å². The van der Waals surface area contributed by atoms with Gasteiger partial charge in [-0.2, -0.15) is 0 Å². The molecule has 0 saturated carbocycles. The summed E-state index contributed by atoms with van der Waals surface area (Å²) < 4.78 is 7.11. The molecule has 0 fully saturated rings. The van der Waals surface area contributed by atoms with Crippen LogP contribution >= 0.6 is 0 Å². The molecule has 0 radical (unpaired) electrons. The van der Waals surface area contributed by atoms with Gasteiger partial charge in [0, 0.05) is 18.3 Å². The fraction of sp³-hybridized carbons (Fsp3) is 0.308. The number of para-hydroxylation sites is 1. The number of nitrogens with zero attached hydrogens (tertiary/aromatic N) is 1. The minimum atomic E-state index is -0.926. The zero-order chi connectivity index (χ0) is 12.3. The molecule has 1 unspecified atom stereocenters. The van der Waals surface area contributed by atoms with Crippen LogP contribution in [0.1, 0.15) is 6.92 Å². The van der Waals surface area contributed by atoms with Crippen molar-refractivity contribution in [2.24, 2.45) is 0 Å². The SMILES string of the molecule is CCOC(Cn1ccc2ccccc21)C(=O)O. The molecule has 0 aliphatic carbocycles. The van der Waals surface area contributed by atoms with Crippen LogP contribution in [0, 0.1) is 0 Å². The lowest BCUT2D eigenvalue weighted by Gasteiger charge is -2.14. The van der Waals surface area contributed by atoms with Crippen LogP contribution < -0.4 is 0 Å². The predicted octanol–water partition coefficient (Wildman–Crippen LogP) is 2.13. The third-order valence-electron chi connectivity index (χ3n) is 2.69. The molecule has 1 atom stereocenters. The Hall–Kier alpha value is -1.81. The minimum Gasteiger partial charge on any atom is -0.479 e. The highest BCUT2D eigenvalue weighted by Crippen LogP contribution is 2.16. The summed E-state index contributed by atoms with van der Waals surface area (Å²) in [6, 6.07) is 9.85. The molecule has 1 heterocycles. The van der Waals surface area contributed by atoms with Crippen LogP contribution in [0.2, 0.25) is 0 Å². The van der Waals surface area contributed by atoms with Crippen molar-refractivity contribution in [1.82, 2.24) is 4.57 Å². The first-order chi connectivity index (χ1) is 8.22. The molecule has 0 bridgehead atoms. The van der Waals surface area contributed by atoms with Gasteiger partial charge in [0.2, 0.25) is 0 Å². The van der Waals surface area contributed by atoms with E-state index < -0.39 is 12.1 Å². The number of carboxylic acid groups (broad SMARTS) is 1. The van der Waals surface area contributed by atoms with Crippen LogP contribution in [0.5, 0.6) is 0 Å². The summed E-state index contributed by atoms with van der Waals surface area (Å²) in [5.41, 5.74) is 1.03. The molecule has 0 aliphatic heterocycles. The van der Waals surface area contributed by atoms with Crippen molar-refractivity contribution in [1.29, 1.82) is 0 Å². The largest absolute Gasteiger partial charge is 0.479 e. The van der Waals surface area contributed by atoms with E-state index in [1.807, 2.05) is 41.1 Å². The molecule has 1 aromatic heterocycles. The molecule has 2 rings (SSSR count). The van der Waals surface area contributed by atoms with E-state index in [0.717, 1.165) is 10.9 Å². The zero-order valence-electron chi connectivity index (χ0n) is 9.67. The van der Waals surface area contributed by atoms with E-state index in [-0.39, 0.29) is 0 Å². The lowest BCUT2D eigenvalue weighted by molar-refractivity contribution is -0.150. The average Bonchev–Trinajstić information content (AvgIpc) is 2.72. The fourth-order valence-corrected chi connectivity index (χ4v) is 1.88. The van der Waals surface area contributed by atoms with Gasteiger partial charge in [0.25, 0.3) is 0 Å². The van der Waals surface area contributed by atoms with Gasteiger partial charge in [-0.15, -0.1) is 0 Å². The van der Waals surface area contributed by atoms with Crippen molar-refractivity contribution in [3.63, 3.8) is 0 Å². The Bertz CT molecular complexity index is 518. The summed E-state index contributed by atoms with van der Waals surface area (Å²) in [7, 11) is 0. The highest BCUT2D eigenvalue weighted by molar-refractivity contribution is 5.80. The standard InChI is InChI=1S/C13H15NO3/c1-2-17-12(13(15)16)9-14-8-7-10-5-3-4-6-11(10)14/h3-8,12H,2,9H2,1H3,(H,15,16). The highest BCUT2D eigenvalue weighted by atomic mass is 16.5. The van der Waals surface area contributed by atoms with Crippen LogP contribution in [0.3, 0.4) is 0 Å². The lowest BCUT2D eigenvalue weighted by atomic mass is 10.2. The number of aromatic nitrogens is 1. The van der Waals surface area contributed by atoms with Crippen molar-refractivity contribution in [3.8, 4) is 0 Å². The first-order valence-electron chi connectivity index (χ1n) is 5.60. The molecule has 0 spiro atoms. The first kappa shape index (κ1) is 11.7. The van der Waals surface area contributed by atoms with Gasteiger partial charge in [-0.3, -0.25) is 0 Å². The van der Waals surface area contributed by atoms with E-state index in [1.165, 1.54) is 0 Å². The van der Waals surface area contributed by atoms with Crippen LogP contribution in [0.15, 0.2) is 36.5 Å². The minimum absolute atomic E-state index is 0.330. The van der Waals surface area contributed by atoms with Crippen molar-refractivity contribution in [2.75, 3.05) is 6.61 Å². The first-order valence-corrected chi connectivity index (χ1v) is 5.60. The molecule has 0 amide bonds. The molecule has 1 aromatic carbocycles. The van der Waals surface area contributed by atoms with E-state index in [0.29, 0.717) is 13.2 Å². The van der Waals surface area contributed by atoms with Crippen molar-refractivity contribution < 1.29 is 14.6 Å². The molecule has 4 heteroatoms. The van der Waals surface area contributed by atoms with Crippen molar-refractivity contribution in [3.05, 3.63) is 36.5 Å². The topological polar surface area (TPSA) is 51.5 Å². The smallest absolute Gasteiger partial charge is 0.334 e. The number of carboxylic acids is 1. The molecule has 0 aliphatic rings. The Morgan fingerprint density at radius 3 is 2.88 bits per heavy atom. The number of rotatable bonds is 5. The van der Waals surface area contributed by atoms with Crippen LogP contribution in [-0.4, -0.2) is 28.4 Å². The summed E-state index contributed by atoms with van der Waals surface area (Å²) in [6.45, 7) is 2.52. The Morgan fingerprint density at radius 2 is 2.18 bits per heavy atom. The fourth-order valence-electron chi connectivity index (χ4n) is 1.88. The number of ether oxygens (including phenoxy) is 1. The van der Waals surface area contributed by atoms with Gasteiger partial charge in [-0.25, -0.2) is 4.79 Å². The average molecular weight is 233 g/mol. The summed E-state index contributed by atoms with van der Waals surface area (Å²) in [4.78, 5) is 11.0. The normalized spacial score (nSPS) is 12.8. The van der Waals surface area contributed by atoms with Crippen molar-refractivity contribution >= 4 is 16.9 Å². The molecule has 17 heavy (non-hydrogen) atoms.